The van der Waals surface area contributed by atoms with Crippen LogP contribution in [0.15, 0.2) is 30.5 Å². The van der Waals surface area contributed by atoms with Gasteiger partial charge in [0.05, 0.1) is 0 Å². The Balaban J connectivity index is 1.48. The van der Waals surface area contributed by atoms with Gasteiger partial charge in [-0.3, -0.25) is 9.69 Å². The van der Waals surface area contributed by atoms with Crippen LogP contribution in [0.1, 0.15) is 36.1 Å². The number of nitrogens with one attached hydrogen (secondary N) is 2. The molecule has 1 aliphatic heterocycles. The molecule has 0 radical (unpaired) electrons. The molecule has 0 saturated heterocycles. The van der Waals surface area contributed by atoms with E-state index in [1.165, 1.54) is 10.9 Å². The van der Waals surface area contributed by atoms with E-state index in [-0.39, 0.29) is 11.9 Å². The van der Waals surface area contributed by atoms with Crippen LogP contribution in [0.2, 0.25) is 0 Å². The SMILES string of the molecule is Cc1nnc2n1CCN(Cc1c[nH]c3ccccc13)C2C(=O)NC1CC1. The quantitative estimate of drug-likeness (QED) is 0.753. The molecule has 0 spiro atoms. The minimum atomic E-state index is -0.390. The van der Waals surface area contributed by atoms with Gasteiger partial charge >= 0.3 is 0 Å². The lowest BCUT2D eigenvalue weighted by Crippen LogP contribution is -2.46. The van der Waals surface area contributed by atoms with E-state index in [2.05, 4.69) is 42.1 Å². The number of hydrogen-bond donors (Lipinski definition) is 2. The van der Waals surface area contributed by atoms with Crippen LogP contribution >= 0.6 is 0 Å². The summed E-state index contributed by atoms with van der Waals surface area (Å²) in [6.07, 6.45) is 4.20. The first-order valence-electron chi connectivity index (χ1n) is 9.20. The van der Waals surface area contributed by atoms with E-state index >= 15 is 0 Å². The number of aryl methyl sites for hydroxylation is 1. The Morgan fingerprint density at radius 1 is 1.27 bits per heavy atom. The highest BCUT2D eigenvalue weighted by Crippen LogP contribution is 2.30. The summed E-state index contributed by atoms with van der Waals surface area (Å²) < 4.78 is 2.07. The molecule has 1 atom stereocenters. The van der Waals surface area contributed by atoms with Gasteiger partial charge in [0.25, 0.3) is 0 Å². The highest BCUT2D eigenvalue weighted by Gasteiger charge is 2.38. The summed E-state index contributed by atoms with van der Waals surface area (Å²) in [5.74, 6) is 1.67. The smallest absolute Gasteiger partial charge is 0.245 e. The Morgan fingerprint density at radius 3 is 2.96 bits per heavy atom. The highest BCUT2D eigenvalue weighted by molar-refractivity contribution is 5.84. The number of aromatic amines is 1. The van der Waals surface area contributed by atoms with Crippen molar-refractivity contribution < 1.29 is 4.79 Å². The van der Waals surface area contributed by atoms with Crippen molar-refractivity contribution in [3.8, 4) is 0 Å². The predicted molar refractivity (Wildman–Crippen MR) is 97.4 cm³/mol. The third-order valence-electron chi connectivity index (χ3n) is 5.41. The maximum Gasteiger partial charge on any atom is 0.245 e. The van der Waals surface area contributed by atoms with E-state index in [4.69, 9.17) is 0 Å². The van der Waals surface area contributed by atoms with E-state index in [0.29, 0.717) is 12.6 Å². The first kappa shape index (κ1) is 15.6. The van der Waals surface area contributed by atoms with Crippen molar-refractivity contribution in [2.45, 2.75) is 44.9 Å². The molecule has 1 amide bonds. The average molecular weight is 350 g/mol. The first-order chi connectivity index (χ1) is 12.7. The third-order valence-corrected chi connectivity index (χ3v) is 5.41. The molecule has 1 aromatic carbocycles. The number of amides is 1. The van der Waals surface area contributed by atoms with Crippen LogP contribution in [0.25, 0.3) is 10.9 Å². The molecule has 7 nitrogen and oxygen atoms in total. The van der Waals surface area contributed by atoms with Crippen molar-refractivity contribution in [1.82, 2.24) is 30.0 Å². The number of H-pyrrole nitrogens is 1. The van der Waals surface area contributed by atoms with Crippen LogP contribution in [0.5, 0.6) is 0 Å². The summed E-state index contributed by atoms with van der Waals surface area (Å²) >= 11 is 0. The van der Waals surface area contributed by atoms with E-state index < -0.39 is 0 Å². The molecule has 2 N–H and O–H groups in total. The lowest BCUT2D eigenvalue weighted by Gasteiger charge is -2.34. The van der Waals surface area contributed by atoms with Crippen molar-refractivity contribution >= 4 is 16.8 Å². The van der Waals surface area contributed by atoms with Crippen LogP contribution in [-0.2, 0) is 17.9 Å². The van der Waals surface area contributed by atoms with Gasteiger partial charge in [0.2, 0.25) is 5.91 Å². The minimum absolute atomic E-state index is 0.0423. The molecule has 2 aromatic heterocycles. The summed E-state index contributed by atoms with van der Waals surface area (Å²) in [6, 6.07) is 8.22. The lowest BCUT2D eigenvalue weighted by molar-refractivity contribution is -0.128. The lowest BCUT2D eigenvalue weighted by atomic mass is 10.1. The standard InChI is InChI=1S/C19H22N6O/c1-12-22-23-18-17(19(26)21-14-6-7-14)24(8-9-25(12)18)11-13-10-20-16-5-3-2-4-15(13)16/h2-5,10,14,17,20H,6-9,11H2,1H3,(H,21,26). The van der Waals surface area contributed by atoms with E-state index in [1.807, 2.05) is 25.3 Å². The monoisotopic (exact) mass is 350 g/mol. The number of fused-ring (bicyclic) bond motifs is 2. The normalized spacial score (nSPS) is 20.3. The van der Waals surface area contributed by atoms with Crippen LogP contribution in [0, 0.1) is 6.92 Å². The van der Waals surface area contributed by atoms with Gasteiger partial charge in [-0.2, -0.15) is 0 Å². The van der Waals surface area contributed by atoms with Gasteiger partial charge in [0.15, 0.2) is 11.9 Å². The molecular formula is C19H22N6O. The van der Waals surface area contributed by atoms with Crippen molar-refractivity contribution in [1.29, 1.82) is 0 Å². The highest BCUT2D eigenvalue weighted by atomic mass is 16.2. The number of aromatic nitrogens is 4. The minimum Gasteiger partial charge on any atom is -0.361 e. The molecule has 134 valence electrons. The Hall–Kier alpha value is -2.67. The molecule has 3 heterocycles. The molecular weight excluding hydrogens is 328 g/mol. The van der Waals surface area contributed by atoms with E-state index in [9.17, 15) is 4.79 Å². The Labute approximate surface area is 151 Å². The fourth-order valence-electron chi connectivity index (χ4n) is 3.84. The second kappa shape index (κ2) is 5.95. The molecule has 0 bridgehead atoms. The molecule has 1 saturated carbocycles. The van der Waals surface area contributed by atoms with Crippen LogP contribution in [-0.4, -0.2) is 43.1 Å². The van der Waals surface area contributed by atoms with Gasteiger partial charge in [-0.25, -0.2) is 0 Å². The number of para-hydroxylation sites is 1. The molecule has 7 heteroatoms. The molecule has 1 aliphatic carbocycles. The summed E-state index contributed by atoms with van der Waals surface area (Å²) in [6.45, 7) is 4.26. The summed E-state index contributed by atoms with van der Waals surface area (Å²) in [5.41, 5.74) is 2.33. The van der Waals surface area contributed by atoms with Gasteiger partial charge in [-0.15, -0.1) is 10.2 Å². The predicted octanol–water partition coefficient (Wildman–Crippen LogP) is 1.90. The van der Waals surface area contributed by atoms with E-state index in [1.54, 1.807) is 0 Å². The molecule has 1 fully saturated rings. The second-order valence-corrected chi connectivity index (χ2v) is 7.27. The summed E-state index contributed by atoms with van der Waals surface area (Å²) in [5, 5.41) is 12.9. The number of nitrogens with zero attached hydrogens (tertiary/aromatic N) is 4. The Morgan fingerprint density at radius 2 is 2.12 bits per heavy atom. The number of benzene rings is 1. The van der Waals surface area contributed by atoms with Crippen LogP contribution in [0.3, 0.4) is 0 Å². The molecule has 5 rings (SSSR count). The molecule has 1 unspecified atom stereocenters. The first-order valence-corrected chi connectivity index (χ1v) is 9.20. The van der Waals surface area contributed by atoms with E-state index in [0.717, 1.165) is 43.1 Å². The molecule has 2 aliphatic rings. The Bertz CT molecular complexity index is 969. The zero-order valence-corrected chi connectivity index (χ0v) is 14.8. The largest absolute Gasteiger partial charge is 0.361 e. The maximum absolute atomic E-state index is 13.0. The topological polar surface area (TPSA) is 78.8 Å². The van der Waals surface area contributed by atoms with Crippen molar-refractivity contribution in [2.24, 2.45) is 0 Å². The zero-order chi connectivity index (χ0) is 17.7. The fourth-order valence-corrected chi connectivity index (χ4v) is 3.84. The van der Waals surface area contributed by atoms with Crippen molar-refractivity contribution in [2.75, 3.05) is 6.54 Å². The Kier molecular flexibility index (Phi) is 3.56. The van der Waals surface area contributed by atoms with Crippen molar-refractivity contribution in [3.63, 3.8) is 0 Å². The van der Waals surface area contributed by atoms with Crippen LogP contribution in [0.4, 0.5) is 0 Å². The van der Waals surface area contributed by atoms with Gasteiger partial charge in [0.1, 0.15) is 5.82 Å². The number of carbonyl (C=O) groups excluding carboxylic acids is 1. The second-order valence-electron chi connectivity index (χ2n) is 7.27. The zero-order valence-electron chi connectivity index (χ0n) is 14.8. The van der Waals surface area contributed by atoms with Crippen molar-refractivity contribution in [3.05, 3.63) is 47.7 Å². The van der Waals surface area contributed by atoms with Gasteiger partial charge in [-0.1, -0.05) is 18.2 Å². The fraction of sp³-hybridized carbons (Fsp3) is 0.421. The average Bonchev–Trinajstić information content (AvgIpc) is 3.25. The number of carbonyl (C=O) groups is 1. The van der Waals surface area contributed by atoms with Crippen LogP contribution < -0.4 is 5.32 Å². The maximum atomic E-state index is 13.0. The third kappa shape index (κ3) is 2.59. The van der Waals surface area contributed by atoms with Gasteiger partial charge in [-0.05, 0) is 31.4 Å². The summed E-state index contributed by atoms with van der Waals surface area (Å²) in [4.78, 5) is 18.5. The molecule has 26 heavy (non-hydrogen) atoms. The summed E-state index contributed by atoms with van der Waals surface area (Å²) in [7, 11) is 0. The number of hydrogen-bond acceptors (Lipinski definition) is 4. The van der Waals surface area contributed by atoms with Gasteiger partial charge in [0, 0.05) is 42.8 Å². The van der Waals surface area contributed by atoms with Gasteiger partial charge < -0.3 is 14.9 Å². The molecule has 3 aromatic rings. The number of rotatable bonds is 4.